The van der Waals surface area contributed by atoms with Crippen molar-refractivity contribution in [3.05, 3.63) is 0 Å². The van der Waals surface area contributed by atoms with Crippen LogP contribution < -0.4 is 0 Å². The van der Waals surface area contributed by atoms with Gasteiger partial charge in [-0.1, -0.05) is 20.3 Å². The van der Waals surface area contributed by atoms with Crippen LogP contribution in [-0.4, -0.2) is 17.0 Å². The van der Waals surface area contributed by atoms with E-state index in [1.54, 1.807) is 0 Å². The van der Waals surface area contributed by atoms with E-state index in [1.807, 2.05) is 13.8 Å². The summed E-state index contributed by atoms with van der Waals surface area (Å²) in [7, 11) is 0. The third-order valence-electron chi connectivity index (χ3n) is 2.11. The Morgan fingerprint density at radius 1 is 1.33 bits per heavy atom. The summed E-state index contributed by atoms with van der Waals surface area (Å²) >= 11 is 0. The van der Waals surface area contributed by atoms with E-state index in [2.05, 4.69) is 13.8 Å². The SMILES string of the molecule is CCCCC(O)OC(C)(C)CC. The van der Waals surface area contributed by atoms with Crippen LogP contribution in [-0.2, 0) is 4.74 Å². The smallest absolute Gasteiger partial charge is 0.155 e. The summed E-state index contributed by atoms with van der Waals surface area (Å²) in [6.07, 6.45) is 3.23. The summed E-state index contributed by atoms with van der Waals surface area (Å²) in [6.45, 7) is 8.18. The quantitative estimate of drug-likeness (QED) is 0.627. The van der Waals surface area contributed by atoms with E-state index in [0.717, 1.165) is 25.7 Å². The molecule has 0 bridgehead atoms. The minimum atomic E-state index is -0.583. The van der Waals surface area contributed by atoms with Crippen molar-refractivity contribution in [2.75, 3.05) is 0 Å². The van der Waals surface area contributed by atoms with Crippen LogP contribution in [0.3, 0.4) is 0 Å². The first-order chi connectivity index (χ1) is 5.52. The van der Waals surface area contributed by atoms with E-state index >= 15 is 0 Å². The second kappa shape index (κ2) is 5.55. The van der Waals surface area contributed by atoms with Crippen LogP contribution >= 0.6 is 0 Å². The average Bonchev–Trinajstić information content (AvgIpc) is 2.00. The van der Waals surface area contributed by atoms with Gasteiger partial charge in [-0.15, -0.1) is 0 Å². The van der Waals surface area contributed by atoms with Crippen LogP contribution in [0.5, 0.6) is 0 Å². The third-order valence-corrected chi connectivity index (χ3v) is 2.11. The minimum absolute atomic E-state index is 0.187. The summed E-state index contributed by atoms with van der Waals surface area (Å²) in [5, 5.41) is 9.42. The average molecular weight is 174 g/mol. The minimum Gasteiger partial charge on any atom is -0.368 e. The Bertz CT molecular complexity index is 110. The Balaban J connectivity index is 3.60. The maximum Gasteiger partial charge on any atom is 0.155 e. The van der Waals surface area contributed by atoms with Crippen molar-refractivity contribution in [2.24, 2.45) is 0 Å². The summed E-state index contributed by atoms with van der Waals surface area (Å²) in [5.41, 5.74) is -0.187. The summed E-state index contributed by atoms with van der Waals surface area (Å²) in [6, 6.07) is 0. The molecule has 0 amide bonds. The highest BCUT2D eigenvalue weighted by molar-refractivity contribution is 4.65. The number of aliphatic hydroxyl groups is 1. The number of rotatable bonds is 6. The molecule has 0 spiro atoms. The van der Waals surface area contributed by atoms with Crippen LogP contribution in [0.2, 0.25) is 0 Å². The molecule has 2 heteroatoms. The molecular formula is C10H22O2. The Labute approximate surface area is 75.9 Å². The van der Waals surface area contributed by atoms with Gasteiger partial charge in [0.25, 0.3) is 0 Å². The second-order valence-electron chi connectivity index (χ2n) is 3.83. The summed E-state index contributed by atoms with van der Waals surface area (Å²) in [4.78, 5) is 0. The molecule has 0 fully saturated rings. The third kappa shape index (κ3) is 5.56. The summed E-state index contributed by atoms with van der Waals surface area (Å²) < 4.78 is 5.44. The van der Waals surface area contributed by atoms with Gasteiger partial charge in [-0.3, -0.25) is 0 Å². The normalized spacial score (nSPS) is 14.8. The molecule has 1 unspecified atom stereocenters. The molecule has 0 saturated heterocycles. The van der Waals surface area contributed by atoms with Gasteiger partial charge in [-0.25, -0.2) is 0 Å². The van der Waals surface area contributed by atoms with Gasteiger partial charge in [0.15, 0.2) is 6.29 Å². The standard InChI is InChI=1S/C10H22O2/c1-5-7-8-9(11)12-10(3,4)6-2/h9,11H,5-8H2,1-4H3. The van der Waals surface area contributed by atoms with Gasteiger partial charge in [-0.05, 0) is 33.1 Å². The molecule has 0 saturated carbocycles. The highest BCUT2D eigenvalue weighted by Gasteiger charge is 2.19. The van der Waals surface area contributed by atoms with Crippen LogP contribution in [0.4, 0.5) is 0 Å². The van der Waals surface area contributed by atoms with Crippen molar-refractivity contribution in [1.29, 1.82) is 0 Å². The molecule has 1 N–H and O–H groups in total. The van der Waals surface area contributed by atoms with Crippen molar-refractivity contribution >= 4 is 0 Å². The van der Waals surface area contributed by atoms with Gasteiger partial charge < -0.3 is 9.84 Å². The first-order valence-corrected chi connectivity index (χ1v) is 4.87. The van der Waals surface area contributed by atoms with Crippen LogP contribution in [0, 0.1) is 0 Å². The van der Waals surface area contributed by atoms with Gasteiger partial charge in [0.1, 0.15) is 0 Å². The Hall–Kier alpha value is -0.0800. The Morgan fingerprint density at radius 3 is 2.33 bits per heavy atom. The Morgan fingerprint density at radius 2 is 1.92 bits per heavy atom. The zero-order chi connectivity index (χ0) is 9.61. The molecule has 1 atom stereocenters. The fourth-order valence-corrected chi connectivity index (χ4v) is 0.889. The van der Waals surface area contributed by atoms with E-state index < -0.39 is 6.29 Å². The van der Waals surface area contributed by atoms with E-state index in [9.17, 15) is 5.11 Å². The molecule has 0 aromatic rings. The van der Waals surface area contributed by atoms with Crippen molar-refractivity contribution < 1.29 is 9.84 Å². The molecular weight excluding hydrogens is 152 g/mol. The molecule has 0 aliphatic heterocycles. The number of ether oxygens (including phenoxy) is 1. The highest BCUT2D eigenvalue weighted by atomic mass is 16.6. The molecule has 2 nitrogen and oxygen atoms in total. The molecule has 74 valence electrons. The lowest BCUT2D eigenvalue weighted by molar-refractivity contribution is -0.176. The lowest BCUT2D eigenvalue weighted by atomic mass is 10.1. The molecule has 0 aliphatic rings. The van der Waals surface area contributed by atoms with Gasteiger partial charge in [-0.2, -0.15) is 0 Å². The predicted octanol–water partition coefficient (Wildman–Crippen LogP) is 2.70. The fraction of sp³-hybridized carbons (Fsp3) is 1.00. The number of aliphatic hydroxyl groups excluding tert-OH is 1. The zero-order valence-corrected chi connectivity index (χ0v) is 8.76. The topological polar surface area (TPSA) is 29.5 Å². The second-order valence-corrected chi connectivity index (χ2v) is 3.83. The van der Waals surface area contributed by atoms with E-state index in [4.69, 9.17) is 4.74 Å². The molecule has 0 aliphatic carbocycles. The van der Waals surface area contributed by atoms with E-state index in [0.29, 0.717) is 0 Å². The summed E-state index contributed by atoms with van der Waals surface area (Å²) in [5.74, 6) is 0. The zero-order valence-electron chi connectivity index (χ0n) is 8.76. The molecule has 0 heterocycles. The monoisotopic (exact) mass is 174 g/mol. The highest BCUT2D eigenvalue weighted by Crippen LogP contribution is 2.17. The number of unbranched alkanes of at least 4 members (excludes halogenated alkanes) is 1. The lowest BCUT2D eigenvalue weighted by Crippen LogP contribution is -2.29. The van der Waals surface area contributed by atoms with E-state index in [1.165, 1.54) is 0 Å². The maximum atomic E-state index is 9.42. The molecule has 0 radical (unpaired) electrons. The number of hydrogen-bond donors (Lipinski definition) is 1. The molecule has 0 aromatic carbocycles. The van der Waals surface area contributed by atoms with Crippen molar-refractivity contribution in [3.8, 4) is 0 Å². The van der Waals surface area contributed by atoms with Gasteiger partial charge in [0.05, 0.1) is 5.60 Å². The van der Waals surface area contributed by atoms with Crippen molar-refractivity contribution in [2.45, 2.75) is 65.3 Å². The molecule has 0 aromatic heterocycles. The Kier molecular flexibility index (Phi) is 5.51. The maximum absolute atomic E-state index is 9.42. The first kappa shape index (κ1) is 11.9. The van der Waals surface area contributed by atoms with Gasteiger partial charge in [0.2, 0.25) is 0 Å². The van der Waals surface area contributed by atoms with E-state index in [-0.39, 0.29) is 5.60 Å². The predicted molar refractivity (Wildman–Crippen MR) is 51.0 cm³/mol. The van der Waals surface area contributed by atoms with Crippen LogP contribution in [0.1, 0.15) is 53.4 Å². The number of hydrogen-bond acceptors (Lipinski definition) is 2. The molecule has 0 rings (SSSR count). The first-order valence-electron chi connectivity index (χ1n) is 4.87. The van der Waals surface area contributed by atoms with Crippen LogP contribution in [0.25, 0.3) is 0 Å². The largest absolute Gasteiger partial charge is 0.368 e. The van der Waals surface area contributed by atoms with Crippen molar-refractivity contribution in [3.63, 3.8) is 0 Å². The van der Waals surface area contributed by atoms with Crippen LogP contribution in [0.15, 0.2) is 0 Å². The fourth-order valence-electron chi connectivity index (χ4n) is 0.889. The van der Waals surface area contributed by atoms with Gasteiger partial charge >= 0.3 is 0 Å². The lowest BCUT2D eigenvalue weighted by Gasteiger charge is -2.26. The van der Waals surface area contributed by atoms with Gasteiger partial charge in [0, 0.05) is 0 Å². The molecule has 12 heavy (non-hydrogen) atoms. The van der Waals surface area contributed by atoms with Crippen molar-refractivity contribution in [1.82, 2.24) is 0 Å².